The van der Waals surface area contributed by atoms with Crippen LogP contribution in [0.2, 0.25) is 0 Å². The van der Waals surface area contributed by atoms with E-state index in [-0.39, 0.29) is 24.5 Å². The van der Waals surface area contributed by atoms with Crippen molar-refractivity contribution in [2.75, 3.05) is 13.2 Å². The van der Waals surface area contributed by atoms with Crippen LogP contribution in [0.5, 0.6) is 0 Å². The molecule has 0 saturated carbocycles. The molecule has 0 bridgehead atoms. The van der Waals surface area contributed by atoms with Crippen LogP contribution in [0.3, 0.4) is 0 Å². The molecule has 0 spiro atoms. The number of amides is 6. The summed E-state index contributed by atoms with van der Waals surface area (Å²) in [7, 11) is -4.81. The van der Waals surface area contributed by atoms with Crippen molar-refractivity contribution in [2.45, 2.75) is 50.7 Å². The number of hydrogen-bond donors (Lipinski definition) is 1. The Bertz CT molecular complexity index is 898. The van der Waals surface area contributed by atoms with Crippen molar-refractivity contribution in [1.82, 2.24) is 9.80 Å². The molecule has 2 fully saturated rings. The van der Waals surface area contributed by atoms with Crippen molar-refractivity contribution in [3.63, 3.8) is 0 Å². The first-order valence-corrected chi connectivity index (χ1v) is 11.0. The van der Waals surface area contributed by atoms with Crippen LogP contribution < -0.4 is 0 Å². The molecule has 2 aliphatic heterocycles. The smallest absolute Gasteiger partial charge is 0.423 e. The van der Waals surface area contributed by atoms with E-state index in [2.05, 4.69) is 0 Å². The van der Waals surface area contributed by atoms with Gasteiger partial charge in [0.2, 0.25) is 17.7 Å². The van der Waals surface area contributed by atoms with Gasteiger partial charge in [0.1, 0.15) is 0 Å². The van der Waals surface area contributed by atoms with Gasteiger partial charge in [-0.25, -0.2) is 9.59 Å². The second-order valence-corrected chi connectivity index (χ2v) is 8.69. The van der Waals surface area contributed by atoms with Gasteiger partial charge in [0.25, 0.3) is 16.0 Å². The maximum Gasteiger partial charge on any atom is 0.423 e. The molecule has 0 aromatic heterocycles. The Morgan fingerprint density at radius 3 is 1.71 bits per heavy atom. The van der Waals surface area contributed by atoms with Crippen molar-refractivity contribution in [2.24, 2.45) is 5.92 Å². The van der Waals surface area contributed by atoms with Gasteiger partial charge in [-0.15, -0.1) is 0 Å². The molecule has 1 N–H and O–H groups in total. The van der Waals surface area contributed by atoms with Gasteiger partial charge in [-0.3, -0.25) is 23.7 Å². The number of unbranched alkanes of at least 4 members (excludes halogenated alkanes) is 3. The van der Waals surface area contributed by atoms with Gasteiger partial charge < -0.3 is 9.47 Å². The Morgan fingerprint density at radius 1 is 0.871 bits per heavy atom. The molecule has 2 rings (SSSR count). The molecule has 2 saturated heterocycles. The fourth-order valence-electron chi connectivity index (χ4n) is 3.01. The average Bonchev–Trinajstić information content (AvgIpc) is 3.11. The summed E-state index contributed by atoms with van der Waals surface area (Å²) in [5, 5.41) is -2.01. The normalized spacial score (nSPS) is 21.7. The molecule has 0 radical (unpaired) electrons. The van der Waals surface area contributed by atoms with E-state index in [4.69, 9.17) is 14.0 Å². The van der Waals surface area contributed by atoms with Gasteiger partial charge in [-0.1, -0.05) is 6.92 Å². The Balaban J connectivity index is 1.60. The van der Waals surface area contributed by atoms with Crippen molar-refractivity contribution in [3.8, 4) is 0 Å². The summed E-state index contributed by atoms with van der Waals surface area (Å²) < 4.78 is 40.7. The molecule has 14 heteroatoms. The average molecular weight is 462 g/mol. The molecule has 0 aromatic rings. The van der Waals surface area contributed by atoms with Crippen LogP contribution in [-0.4, -0.2) is 77.0 Å². The number of ether oxygens (including phenoxy) is 2. The van der Waals surface area contributed by atoms with E-state index < -0.39 is 63.5 Å². The van der Waals surface area contributed by atoms with E-state index in [1.807, 2.05) is 0 Å². The Morgan fingerprint density at radius 2 is 1.32 bits per heavy atom. The lowest BCUT2D eigenvalue weighted by atomic mass is 10.1. The Hall–Kier alpha value is -2.87. The molecule has 2 aliphatic rings. The SMILES string of the molecule is CC1CC(=O)N(C(=O)OCCCCCCOC(=O)N2C(=O)CC(S(=O)(=O)O)C2=O)C1=O. The minimum atomic E-state index is -4.81. The van der Waals surface area contributed by atoms with E-state index in [0.717, 1.165) is 0 Å². The molecular formula is C17H22N2O11S. The second kappa shape index (κ2) is 9.96. The highest BCUT2D eigenvalue weighted by molar-refractivity contribution is 7.87. The van der Waals surface area contributed by atoms with Gasteiger partial charge in [0.05, 0.1) is 19.6 Å². The van der Waals surface area contributed by atoms with Gasteiger partial charge in [-0.2, -0.15) is 18.2 Å². The largest absolute Gasteiger partial charge is 0.449 e. The van der Waals surface area contributed by atoms with E-state index >= 15 is 0 Å². The zero-order chi connectivity index (χ0) is 23.3. The van der Waals surface area contributed by atoms with E-state index in [0.29, 0.717) is 30.6 Å². The van der Waals surface area contributed by atoms with Gasteiger partial charge in [0.15, 0.2) is 5.25 Å². The highest BCUT2D eigenvalue weighted by Gasteiger charge is 2.49. The van der Waals surface area contributed by atoms with Crippen molar-refractivity contribution >= 4 is 45.9 Å². The molecule has 2 heterocycles. The van der Waals surface area contributed by atoms with E-state index in [1.165, 1.54) is 0 Å². The standard InChI is InChI=1S/C17H22N2O11S/c1-10-8-12(20)18(14(10)22)16(24)29-6-4-2-3-5-7-30-17(25)19-13(21)9-11(15(19)23)31(26,27)28/h10-11H,2-9H2,1H3,(H,26,27,28). The first-order chi connectivity index (χ1) is 14.4. The number of imide groups is 6. The topological polar surface area (TPSA) is 182 Å². The molecule has 2 unspecified atom stereocenters. The fraction of sp³-hybridized carbons (Fsp3) is 0.647. The molecule has 2 atom stereocenters. The van der Waals surface area contributed by atoms with Crippen molar-refractivity contribution in [1.29, 1.82) is 0 Å². The minimum Gasteiger partial charge on any atom is -0.449 e. The maximum absolute atomic E-state index is 11.8. The van der Waals surface area contributed by atoms with Gasteiger partial charge >= 0.3 is 12.2 Å². The van der Waals surface area contributed by atoms with Crippen molar-refractivity contribution < 1.29 is 51.2 Å². The number of carbonyl (C=O) groups excluding carboxylic acids is 6. The third kappa shape index (κ3) is 5.85. The third-order valence-electron chi connectivity index (χ3n) is 4.69. The molecule has 0 aromatic carbocycles. The Labute approximate surface area is 177 Å². The summed E-state index contributed by atoms with van der Waals surface area (Å²) in [5.41, 5.74) is 0. The number of hydrogen-bond acceptors (Lipinski definition) is 10. The minimum absolute atomic E-state index is 0.0160. The van der Waals surface area contributed by atoms with Crippen LogP contribution in [0.25, 0.3) is 0 Å². The number of rotatable bonds is 8. The quantitative estimate of drug-likeness (QED) is 0.296. The lowest BCUT2D eigenvalue weighted by molar-refractivity contribution is -0.138. The van der Waals surface area contributed by atoms with Crippen molar-refractivity contribution in [3.05, 3.63) is 0 Å². The van der Waals surface area contributed by atoms with E-state index in [9.17, 15) is 37.2 Å². The summed E-state index contributed by atoms with van der Waals surface area (Å²) in [6.45, 7) is 1.38. The highest BCUT2D eigenvalue weighted by Crippen LogP contribution is 2.21. The predicted molar refractivity (Wildman–Crippen MR) is 98.6 cm³/mol. The van der Waals surface area contributed by atoms with Crippen LogP contribution in [0, 0.1) is 5.92 Å². The third-order valence-corrected chi connectivity index (χ3v) is 5.78. The lowest BCUT2D eigenvalue weighted by Gasteiger charge is -2.13. The molecule has 0 aliphatic carbocycles. The summed E-state index contributed by atoms with van der Waals surface area (Å²) >= 11 is 0. The zero-order valence-corrected chi connectivity index (χ0v) is 17.5. The molecule has 13 nitrogen and oxygen atoms in total. The predicted octanol–water partition coefficient (Wildman–Crippen LogP) is 0.230. The Kier molecular flexibility index (Phi) is 7.84. The first kappa shape index (κ1) is 24.4. The number of carbonyl (C=O) groups is 6. The zero-order valence-electron chi connectivity index (χ0n) is 16.6. The second-order valence-electron chi connectivity index (χ2n) is 7.09. The number of nitrogens with zero attached hydrogens (tertiary/aromatic N) is 2. The van der Waals surface area contributed by atoms with Gasteiger partial charge in [-0.05, 0) is 25.7 Å². The summed E-state index contributed by atoms with van der Waals surface area (Å²) in [6.07, 6.45) is -1.34. The number of likely N-dealkylation sites (tertiary alicyclic amines) is 2. The van der Waals surface area contributed by atoms with Gasteiger partial charge in [0, 0.05) is 12.3 Å². The molecule has 6 amide bonds. The molecule has 172 valence electrons. The maximum atomic E-state index is 11.8. The van der Waals surface area contributed by atoms with Crippen LogP contribution in [0.15, 0.2) is 0 Å². The first-order valence-electron chi connectivity index (χ1n) is 9.48. The lowest BCUT2D eigenvalue weighted by Crippen LogP contribution is -2.39. The fourth-order valence-corrected chi connectivity index (χ4v) is 3.72. The van der Waals surface area contributed by atoms with E-state index in [1.54, 1.807) is 6.92 Å². The van der Waals surface area contributed by atoms with Crippen LogP contribution in [0.4, 0.5) is 9.59 Å². The van der Waals surface area contributed by atoms with Crippen LogP contribution in [0.1, 0.15) is 45.4 Å². The summed E-state index contributed by atoms with van der Waals surface area (Å²) in [6, 6.07) is 0. The molecule has 31 heavy (non-hydrogen) atoms. The molecular weight excluding hydrogens is 440 g/mol. The summed E-state index contributed by atoms with van der Waals surface area (Å²) in [5.74, 6) is -4.17. The summed E-state index contributed by atoms with van der Waals surface area (Å²) in [4.78, 5) is 70.9. The highest BCUT2D eigenvalue weighted by atomic mass is 32.2. The monoisotopic (exact) mass is 462 g/mol. The van der Waals surface area contributed by atoms with Crippen LogP contribution >= 0.6 is 0 Å². The van der Waals surface area contributed by atoms with Crippen LogP contribution in [-0.2, 0) is 38.8 Å².